The second kappa shape index (κ2) is 8.25. The summed E-state index contributed by atoms with van der Waals surface area (Å²) in [6, 6.07) is 1.87. The van der Waals surface area contributed by atoms with E-state index in [4.69, 9.17) is 14.2 Å². The molecule has 0 saturated carbocycles. The number of quaternary nitrogens is 2. The van der Waals surface area contributed by atoms with Gasteiger partial charge in [0.15, 0.2) is 11.4 Å². The van der Waals surface area contributed by atoms with Crippen molar-refractivity contribution in [2.24, 2.45) is 0 Å². The normalized spacial score (nSPS) is 8.76. The molecule has 7 heteroatoms. The molecule has 1 rings (SSSR count). The van der Waals surface area contributed by atoms with E-state index in [-0.39, 0.29) is 24.8 Å². The second-order valence-electron chi connectivity index (χ2n) is 3.03. The van der Waals surface area contributed by atoms with Gasteiger partial charge in [0, 0.05) is 0 Å². The predicted octanol–water partition coefficient (Wildman–Crippen LogP) is -6.66. The lowest BCUT2D eigenvalue weighted by atomic mass is 10.1. The highest BCUT2D eigenvalue weighted by Gasteiger charge is 2.21. The summed E-state index contributed by atoms with van der Waals surface area (Å²) in [7, 11) is 4.75. The molecule has 0 atom stereocenters. The van der Waals surface area contributed by atoms with Crippen LogP contribution in [0.25, 0.3) is 0 Å². The topological polar surface area (TPSA) is 83.0 Å². The molecule has 0 fully saturated rings. The van der Waals surface area contributed by atoms with Crippen molar-refractivity contribution >= 4 is 5.69 Å². The molecule has 1 aromatic rings. The Hall–Kier alpha value is -0.880. The average molecular weight is 285 g/mol. The molecule has 0 bridgehead atoms. The van der Waals surface area contributed by atoms with E-state index in [0.717, 1.165) is 11.3 Å². The number of hydrogen-bond donors (Lipinski definition) is 2. The smallest absolute Gasteiger partial charge is 0.227 e. The molecule has 1 aromatic carbocycles. The highest BCUT2D eigenvalue weighted by Crippen LogP contribution is 2.42. The van der Waals surface area contributed by atoms with Gasteiger partial charge in [-0.1, -0.05) is 0 Å². The SMILES string of the molecule is COc1cc(C[NH3+])c([NH3+])c(OC)c1OC.[Cl-].[Cl-]. The van der Waals surface area contributed by atoms with Gasteiger partial charge in [0.05, 0.1) is 26.9 Å². The fraction of sp³-hybridized carbons (Fsp3) is 0.400. The lowest BCUT2D eigenvalue weighted by molar-refractivity contribution is -0.388. The molecule has 17 heavy (non-hydrogen) atoms. The minimum Gasteiger partial charge on any atom is -1.00 e. The number of halogens is 2. The summed E-state index contributed by atoms with van der Waals surface area (Å²) in [5.74, 6) is 1.82. The van der Waals surface area contributed by atoms with Crippen LogP contribution in [0.4, 0.5) is 5.69 Å². The summed E-state index contributed by atoms with van der Waals surface area (Å²) in [6.45, 7) is 0.634. The number of rotatable bonds is 4. The highest BCUT2D eigenvalue weighted by molar-refractivity contribution is 5.65. The van der Waals surface area contributed by atoms with Crippen LogP contribution < -0.4 is 50.5 Å². The minimum absolute atomic E-state index is 0. The number of methoxy groups -OCH3 is 3. The third kappa shape index (κ3) is 3.54. The molecule has 0 unspecified atom stereocenters. The van der Waals surface area contributed by atoms with E-state index in [0.29, 0.717) is 23.8 Å². The molecule has 6 N–H and O–H groups in total. The quantitative estimate of drug-likeness (QED) is 0.577. The van der Waals surface area contributed by atoms with Crippen LogP contribution in [0.3, 0.4) is 0 Å². The summed E-state index contributed by atoms with van der Waals surface area (Å²) in [5.41, 5.74) is 9.56. The molecule has 0 heterocycles. The Labute approximate surface area is 113 Å². The molecule has 0 aromatic heterocycles. The van der Waals surface area contributed by atoms with Gasteiger partial charge in [0.25, 0.3) is 0 Å². The zero-order valence-corrected chi connectivity index (χ0v) is 11.7. The standard InChI is InChI=1S/C10H16N2O3.2ClH/c1-13-7-4-6(5-11)8(12)10(15-3)9(7)14-2;;/h4H,5,11-12H2,1-3H3;2*1H. The Bertz CT molecular complexity index is 362. The zero-order valence-electron chi connectivity index (χ0n) is 10.2. The fourth-order valence-electron chi connectivity index (χ4n) is 1.49. The van der Waals surface area contributed by atoms with Gasteiger partial charge in [0.2, 0.25) is 11.5 Å². The van der Waals surface area contributed by atoms with Crippen molar-refractivity contribution in [3.63, 3.8) is 0 Å². The van der Waals surface area contributed by atoms with Crippen LogP contribution in [0.5, 0.6) is 17.2 Å². The third-order valence-corrected chi connectivity index (χ3v) is 2.29. The Morgan fingerprint density at radius 3 is 1.88 bits per heavy atom. The Balaban J connectivity index is 0. The molecule has 100 valence electrons. The van der Waals surface area contributed by atoms with E-state index in [2.05, 4.69) is 11.5 Å². The molecule has 0 aliphatic carbocycles. The molecule has 0 radical (unpaired) electrons. The van der Waals surface area contributed by atoms with Crippen molar-refractivity contribution in [3.05, 3.63) is 11.6 Å². The van der Waals surface area contributed by atoms with Crippen molar-refractivity contribution in [1.29, 1.82) is 0 Å². The van der Waals surface area contributed by atoms with E-state index >= 15 is 0 Å². The van der Waals surface area contributed by atoms with Crippen molar-refractivity contribution in [2.45, 2.75) is 6.54 Å². The van der Waals surface area contributed by atoms with Crippen LogP contribution >= 0.6 is 0 Å². The van der Waals surface area contributed by atoms with Crippen molar-refractivity contribution in [1.82, 2.24) is 0 Å². The van der Waals surface area contributed by atoms with E-state index < -0.39 is 0 Å². The second-order valence-corrected chi connectivity index (χ2v) is 3.03. The predicted molar refractivity (Wildman–Crippen MR) is 55.2 cm³/mol. The van der Waals surface area contributed by atoms with Crippen LogP contribution in [0.1, 0.15) is 5.56 Å². The van der Waals surface area contributed by atoms with Gasteiger partial charge in [-0.2, -0.15) is 0 Å². The molecule has 0 spiro atoms. The third-order valence-electron chi connectivity index (χ3n) is 2.29. The highest BCUT2D eigenvalue weighted by atomic mass is 35.5. The lowest BCUT2D eigenvalue weighted by Crippen LogP contribution is -3.00. The molecule has 0 aliphatic heterocycles. The monoisotopic (exact) mass is 284 g/mol. The zero-order chi connectivity index (χ0) is 11.4. The maximum atomic E-state index is 5.26. The molecule has 0 amide bonds. The number of benzene rings is 1. The first-order valence-electron chi connectivity index (χ1n) is 4.62. The molecular formula is C10H18Cl2N2O3. The lowest BCUT2D eigenvalue weighted by Gasteiger charge is -2.13. The summed E-state index contributed by atoms with van der Waals surface area (Å²) in [5, 5.41) is 0. The number of hydrogen-bond acceptors (Lipinski definition) is 3. The maximum absolute atomic E-state index is 5.26. The van der Waals surface area contributed by atoms with E-state index in [9.17, 15) is 0 Å². The first-order valence-corrected chi connectivity index (χ1v) is 4.62. The van der Waals surface area contributed by atoms with Gasteiger partial charge < -0.3 is 50.5 Å². The minimum atomic E-state index is 0. The van der Waals surface area contributed by atoms with Crippen molar-refractivity contribution in [2.75, 3.05) is 21.3 Å². The fourth-order valence-corrected chi connectivity index (χ4v) is 1.49. The van der Waals surface area contributed by atoms with E-state index in [1.807, 2.05) is 6.07 Å². The van der Waals surface area contributed by atoms with Gasteiger partial charge >= 0.3 is 0 Å². The Morgan fingerprint density at radius 1 is 1.00 bits per heavy atom. The largest absolute Gasteiger partial charge is 1.00 e. The van der Waals surface area contributed by atoms with Crippen LogP contribution in [-0.2, 0) is 6.54 Å². The Morgan fingerprint density at radius 2 is 1.53 bits per heavy atom. The van der Waals surface area contributed by atoms with Crippen LogP contribution in [0.15, 0.2) is 6.07 Å². The molecular weight excluding hydrogens is 267 g/mol. The molecule has 0 aliphatic rings. The summed E-state index contributed by atoms with van der Waals surface area (Å²) < 4.78 is 15.7. The summed E-state index contributed by atoms with van der Waals surface area (Å²) in [6.07, 6.45) is 0. The first kappa shape index (κ1) is 18.5. The average Bonchev–Trinajstić information content (AvgIpc) is 2.28. The molecule has 5 nitrogen and oxygen atoms in total. The molecule has 0 saturated heterocycles. The van der Waals surface area contributed by atoms with Crippen molar-refractivity contribution < 1.29 is 50.5 Å². The first-order chi connectivity index (χ1) is 7.19. The van der Waals surface area contributed by atoms with Gasteiger partial charge in [-0.15, -0.1) is 0 Å². The summed E-state index contributed by atoms with van der Waals surface area (Å²) >= 11 is 0. The van der Waals surface area contributed by atoms with Gasteiger partial charge in [0.1, 0.15) is 6.54 Å². The van der Waals surface area contributed by atoms with Gasteiger partial charge in [-0.25, -0.2) is 0 Å². The van der Waals surface area contributed by atoms with Crippen LogP contribution in [0, 0.1) is 0 Å². The van der Waals surface area contributed by atoms with Crippen molar-refractivity contribution in [3.8, 4) is 17.2 Å². The number of ether oxygens (including phenoxy) is 3. The Kier molecular flexibility index (Phi) is 8.97. The van der Waals surface area contributed by atoms with Crippen LogP contribution in [0.2, 0.25) is 0 Å². The maximum Gasteiger partial charge on any atom is 0.227 e. The van der Waals surface area contributed by atoms with Gasteiger partial charge in [-0.3, -0.25) is 0 Å². The van der Waals surface area contributed by atoms with Gasteiger partial charge in [-0.05, 0) is 6.07 Å². The van der Waals surface area contributed by atoms with E-state index in [1.54, 1.807) is 21.3 Å². The summed E-state index contributed by atoms with van der Waals surface area (Å²) in [4.78, 5) is 0. The van der Waals surface area contributed by atoms with E-state index in [1.165, 1.54) is 0 Å². The van der Waals surface area contributed by atoms with Crippen LogP contribution in [-0.4, -0.2) is 21.3 Å².